The van der Waals surface area contributed by atoms with Crippen LogP contribution in [0.15, 0.2) is 76.7 Å². The highest BCUT2D eigenvalue weighted by molar-refractivity contribution is 8.00. The largest absolute Gasteiger partial charge is 0.497 e. The van der Waals surface area contributed by atoms with Crippen molar-refractivity contribution in [3.63, 3.8) is 0 Å². The minimum atomic E-state index is -1.09. The molecule has 2 heterocycles. The fraction of sp³-hybridized carbons (Fsp3) is 0.120. The Morgan fingerprint density at radius 1 is 1.00 bits per heavy atom. The molecule has 0 radical (unpaired) electrons. The molecule has 0 aliphatic heterocycles. The lowest BCUT2D eigenvalue weighted by atomic mass is 10.1. The van der Waals surface area contributed by atoms with Gasteiger partial charge in [0.05, 0.1) is 29.0 Å². The number of fused-ring (bicyclic) bond motifs is 3. The third kappa shape index (κ3) is 3.95. The van der Waals surface area contributed by atoms with E-state index in [1.54, 1.807) is 59.9 Å². The molecule has 35 heavy (non-hydrogen) atoms. The molecule has 1 atom stereocenters. The number of benzene rings is 3. The van der Waals surface area contributed by atoms with Crippen LogP contribution in [0.2, 0.25) is 0 Å². The predicted molar refractivity (Wildman–Crippen MR) is 129 cm³/mol. The molecule has 176 valence electrons. The molecule has 0 aliphatic rings. The molecule has 10 heteroatoms. The van der Waals surface area contributed by atoms with Gasteiger partial charge in [-0.15, -0.1) is 10.2 Å². The third-order valence-corrected chi connectivity index (χ3v) is 6.60. The number of rotatable bonds is 6. The van der Waals surface area contributed by atoms with Gasteiger partial charge in [0.15, 0.2) is 22.6 Å². The Morgan fingerprint density at radius 3 is 2.57 bits per heavy atom. The maximum atomic E-state index is 13.7. The number of halogens is 2. The molecule has 7 nitrogen and oxygen atoms in total. The highest BCUT2D eigenvalue weighted by Crippen LogP contribution is 2.28. The number of ketones is 1. The second kappa shape index (κ2) is 8.95. The van der Waals surface area contributed by atoms with Crippen LogP contribution in [0.5, 0.6) is 5.75 Å². The second-order valence-electron chi connectivity index (χ2n) is 7.73. The van der Waals surface area contributed by atoms with Gasteiger partial charge in [0.2, 0.25) is 5.78 Å². The molecule has 0 aliphatic carbocycles. The number of hydrogen-bond donors (Lipinski definition) is 0. The van der Waals surface area contributed by atoms with E-state index in [0.717, 1.165) is 23.9 Å². The first-order valence-corrected chi connectivity index (χ1v) is 11.5. The molecule has 5 rings (SSSR count). The first kappa shape index (κ1) is 22.7. The van der Waals surface area contributed by atoms with Crippen molar-refractivity contribution in [2.24, 2.45) is 0 Å². The number of aromatic nitrogens is 4. The number of hydrogen-bond acceptors (Lipinski definition) is 6. The van der Waals surface area contributed by atoms with E-state index in [1.807, 2.05) is 0 Å². The molecule has 2 aromatic heterocycles. The lowest BCUT2D eigenvalue weighted by molar-refractivity contribution is 0.0993. The number of methoxy groups -OCH3 is 1. The summed E-state index contributed by atoms with van der Waals surface area (Å²) in [5.74, 6) is -1.67. The van der Waals surface area contributed by atoms with E-state index >= 15 is 0 Å². The summed E-state index contributed by atoms with van der Waals surface area (Å²) < 4.78 is 35.4. The molecule has 0 bridgehead atoms. The Hall–Kier alpha value is -4.05. The van der Waals surface area contributed by atoms with Gasteiger partial charge in [-0.25, -0.2) is 13.3 Å². The number of para-hydroxylation sites is 1. The quantitative estimate of drug-likeness (QED) is 0.253. The van der Waals surface area contributed by atoms with E-state index in [0.29, 0.717) is 27.5 Å². The topological polar surface area (TPSA) is 78.5 Å². The number of Topliss-reactive ketones (excluding diaryl/α,β-unsaturated/α-hetero) is 1. The van der Waals surface area contributed by atoms with Gasteiger partial charge in [0, 0.05) is 11.6 Å². The Bertz CT molecular complexity index is 1660. The summed E-state index contributed by atoms with van der Waals surface area (Å²) in [6.07, 6.45) is 0. The minimum absolute atomic E-state index is 0.0517. The summed E-state index contributed by atoms with van der Waals surface area (Å²) in [4.78, 5) is 26.4. The number of nitrogens with zero attached hydrogens (tertiary/aromatic N) is 4. The first-order chi connectivity index (χ1) is 16.9. The summed E-state index contributed by atoms with van der Waals surface area (Å²) in [5, 5.41) is 8.64. The summed E-state index contributed by atoms with van der Waals surface area (Å²) in [5.41, 5.74) is 0.888. The number of carbonyl (C=O) groups excluding carboxylic acids is 1. The normalized spacial score (nSPS) is 12.2. The maximum Gasteiger partial charge on any atom is 0.267 e. The molecule has 0 amide bonds. The Labute approximate surface area is 202 Å². The van der Waals surface area contributed by atoms with E-state index in [4.69, 9.17) is 4.74 Å². The minimum Gasteiger partial charge on any atom is -0.497 e. The van der Waals surface area contributed by atoms with Crippen molar-refractivity contribution >= 4 is 34.2 Å². The zero-order valence-electron chi connectivity index (χ0n) is 18.6. The average molecular weight is 493 g/mol. The molecular formula is C25H18F2N4O3S. The van der Waals surface area contributed by atoms with Crippen LogP contribution in [0, 0.1) is 11.6 Å². The summed E-state index contributed by atoms with van der Waals surface area (Å²) >= 11 is 1.11. The SMILES string of the molecule is COc1cccc(-n2c(=O)c3ccccc3n3c(SC(C)C(=O)c4ccc(F)c(F)c4)nnc23)c1. The Kier molecular flexibility index (Phi) is 5.81. The van der Waals surface area contributed by atoms with Crippen molar-refractivity contribution in [1.82, 2.24) is 19.2 Å². The van der Waals surface area contributed by atoms with Crippen molar-refractivity contribution in [2.45, 2.75) is 17.3 Å². The highest BCUT2D eigenvalue weighted by Gasteiger charge is 2.23. The number of carbonyl (C=O) groups is 1. The van der Waals surface area contributed by atoms with Crippen molar-refractivity contribution < 1.29 is 18.3 Å². The Morgan fingerprint density at radius 2 is 1.80 bits per heavy atom. The van der Waals surface area contributed by atoms with Crippen LogP contribution in [-0.2, 0) is 0 Å². The lowest BCUT2D eigenvalue weighted by Crippen LogP contribution is -2.22. The van der Waals surface area contributed by atoms with E-state index in [2.05, 4.69) is 10.2 Å². The summed E-state index contributed by atoms with van der Waals surface area (Å²) in [6.45, 7) is 1.65. The fourth-order valence-electron chi connectivity index (χ4n) is 3.83. The fourth-order valence-corrected chi connectivity index (χ4v) is 4.77. The van der Waals surface area contributed by atoms with Crippen LogP contribution in [0.4, 0.5) is 8.78 Å². The summed E-state index contributed by atoms with van der Waals surface area (Å²) in [6, 6.07) is 17.1. The van der Waals surface area contributed by atoms with Crippen LogP contribution in [0.1, 0.15) is 17.3 Å². The molecule has 3 aromatic carbocycles. The van der Waals surface area contributed by atoms with Crippen LogP contribution >= 0.6 is 11.8 Å². The second-order valence-corrected chi connectivity index (χ2v) is 9.04. The Balaban J connectivity index is 1.65. The number of thioether (sulfide) groups is 1. The van der Waals surface area contributed by atoms with Gasteiger partial charge in [0.1, 0.15) is 5.75 Å². The van der Waals surface area contributed by atoms with Gasteiger partial charge in [-0.05, 0) is 49.4 Å². The standard InChI is InChI=1S/C25H18F2N4O3S/c1-14(22(32)15-10-11-19(26)20(27)12-15)35-25-29-28-24-30(16-6-5-7-17(13-16)34-2)23(33)18-8-3-4-9-21(18)31(24)25/h3-14H,1-2H3. The van der Waals surface area contributed by atoms with Crippen LogP contribution in [0.25, 0.3) is 22.4 Å². The van der Waals surface area contributed by atoms with E-state index < -0.39 is 22.7 Å². The van der Waals surface area contributed by atoms with E-state index in [1.165, 1.54) is 17.7 Å². The van der Waals surface area contributed by atoms with Crippen LogP contribution in [0.3, 0.4) is 0 Å². The molecule has 1 unspecified atom stereocenters. The molecule has 0 spiro atoms. The van der Waals surface area contributed by atoms with Gasteiger partial charge < -0.3 is 4.74 Å². The monoisotopic (exact) mass is 492 g/mol. The van der Waals surface area contributed by atoms with Gasteiger partial charge in [0.25, 0.3) is 5.56 Å². The van der Waals surface area contributed by atoms with Gasteiger partial charge in [-0.3, -0.25) is 14.0 Å². The van der Waals surface area contributed by atoms with Crippen molar-refractivity contribution in [3.05, 3.63) is 94.3 Å². The predicted octanol–water partition coefficient (Wildman–Crippen LogP) is 4.68. The molecule has 5 aromatic rings. The molecule has 0 N–H and O–H groups in total. The zero-order valence-corrected chi connectivity index (χ0v) is 19.4. The van der Waals surface area contributed by atoms with Crippen LogP contribution < -0.4 is 10.3 Å². The van der Waals surface area contributed by atoms with E-state index in [9.17, 15) is 18.4 Å². The molecule has 0 fully saturated rings. The molecule has 0 saturated heterocycles. The first-order valence-electron chi connectivity index (χ1n) is 10.6. The van der Waals surface area contributed by atoms with Gasteiger partial charge >= 0.3 is 0 Å². The smallest absolute Gasteiger partial charge is 0.267 e. The lowest BCUT2D eigenvalue weighted by Gasteiger charge is -2.13. The summed E-state index contributed by atoms with van der Waals surface area (Å²) in [7, 11) is 1.54. The molecule has 0 saturated carbocycles. The van der Waals surface area contributed by atoms with Gasteiger partial charge in [-0.1, -0.05) is 30.0 Å². The van der Waals surface area contributed by atoms with Crippen molar-refractivity contribution in [2.75, 3.05) is 7.11 Å². The van der Waals surface area contributed by atoms with Crippen LogP contribution in [-0.4, -0.2) is 37.3 Å². The number of ether oxygens (including phenoxy) is 1. The van der Waals surface area contributed by atoms with Crippen molar-refractivity contribution in [3.8, 4) is 11.4 Å². The molecular weight excluding hydrogens is 474 g/mol. The van der Waals surface area contributed by atoms with Gasteiger partial charge in [-0.2, -0.15) is 0 Å². The zero-order chi connectivity index (χ0) is 24.7. The third-order valence-electron chi connectivity index (χ3n) is 5.56. The average Bonchev–Trinajstić information content (AvgIpc) is 3.28. The van der Waals surface area contributed by atoms with E-state index in [-0.39, 0.29) is 16.9 Å². The van der Waals surface area contributed by atoms with Crippen molar-refractivity contribution in [1.29, 1.82) is 0 Å². The highest BCUT2D eigenvalue weighted by atomic mass is 32.2. The maximum absolute atomic E-state index is 13.7.